The van der Waals surface area contributed by atoms with E-state index in [1.807, 2.05) is 35.2 Å². The molecule has 1 aliphatic rings. The lowest BCUT2D eigenvalue weighted by molar-refractivity contribution is -0.134. The molecule has 0 aliphatic carbocycles. The van der Waals surface area contributed by atoms with Gasteiger partial charge in [-0.3, -0.25) is 4.79 Å². The predicted molar refractivity (Wildman–Crippen MR) is 87.5 cm³/mol. The predicted octanol–water partition coefficient (Wildman–Crippen LogP) is 3.84. The van der Waals surface area contributed by atoms with E-state index in [1.54, 1.807) is 0 Å². The summed E-state index contributed by atoms with van der Waals surface area (Å²) in [7, 11) is 0. The van der Waals surface area contributed by atoms with Crippen LogP contribution in [0.5, 0.6) is 0 Å². The highest BCUT2D eigenvalue weighted by molar-refractivity contribution is 5.77. The van der Waals surface area contributed by atoms with Gasteiger partial charge in [-0.2, -0.15) is 0 Å². The molecule has 1 amide bonds. The molecule has 0 spiro atoms. The summed E-state index contributed by atoms with van der Waals surface area (Å²) >= 11 is 0. The second kappa shape index (κ2) is 6.14. The van der Waals surface area contributed by atoms with Crippen molar-refractivity contribution in [1.29, 1.82) is 0 Å². The van der Waals surface area contributed by atoms with E-state index < -0.39 is 0 Å². The van der Waals surface area contributed by atoms with Gasteiger partial charge in [0.15, 0.2) is 0 Å². The van der Waals surface area contributed by atoms with Gasteiger partial charge in [0.2, 0.25) is 17.7 Å². The molecule has 0 N–H and O–H groups in total. The van der Waals surface area contributed by atoms with Crippen molar-refractivity contribution in [2.24, 2.45) is 5.41 Å². The minimum atomic E-state index is -0.0881. The zero-order valence-electron chi connectivity index (χ0n) is 14.0. The van der Waals surface area contributed by atoms with E-state index in [1.165, 1.54) is 0 Å². The van der Waals surface area contributed by atoms with E-state index in [0.29, 0.717) is 18.2 Å². The lowest BCUT2D eigenvalue weighted by Crippen LogP contribution is -2.33. The van der Waals surface area contributed by atoms with Crippen LogP contribution in [0.3, 0.4) is 0 Å². The van der Waals surface area contributed by atoms with Crippen molar-refractivity contribution in [3.8, 4) is 11.5 Å². The average molecular weight is 313 g/mol. The second-order valence-electron chi connectivity index (χ2n) is 7.29. The van der Waals surface area contributed by atoms with Crippen LogP contribution in [0.1, 0.15) is 52.0 Å². The first-order valence-electron chi connectivity index (χ1n) is 8.12. The van der Waals surface area contributed by atoms with Crippen LogP contribution in [0.2, 0.25) is 0 Å². The van der Waals surface area contributed by atoms with Gasteiger partial charge in [0.1, 0.15) is 6.04 Å². The maximum atomic E-state index is 12.6. The number of aromatic nitrogens is 2. The summed E-state index contributed by atoms with van der Waals surface area (Å²) in [6.45, 7) is 7.01. The lowest BCUT2D eigenvalue weighted by atomic mass is 9.91. The molecular formula is C18H23N3O2. The van der Waals surface area contributed by atoms with Crippen LogP contribution in [-0.2, 0) is 4.79 Å². The highest BCUT2D eigenvalue weighted by Crippen LogP contribution is 2.34. The summed E-state index contributed by atoms with van der Waals surface area (Å²) < 4.78 is 5.85. The summed E-state index contributed by atoms with van der Waals surface area (Å²) in [6, 6.07) is 9.62. The van der Waals surface area contributed by atoms with Crippen LogP contribution in [0.4, 0.5) is 0 Å². The molecule has 1 aromatic heterocycles. The fourth-order valence-corrected chi connectivity index (χ4v) is 2.94. The van der Waals surface area contributed by atoms with Gasteiger partial charge in [-0.1, -0.05) is 39.0 Å². The Hall–Kier alpha value is -2.17. The summed E-state index contributed by atoms with van der Waals surface area (Å²) in [5, 5.41) is 8.34. The molecule has 0 bridgehead atoms. The Balaban J connectivity index is 1.78. The largest absolute Gasteiger partial charge is 0.418 e. The van der Waals surface area contributed by atoms with Crippen molar-refractivity contribution in [2.45, 2.75) is 46.1 Å². The third-order valence-electron chi connectivity index (χ3n) is 4.00. The number of carbonyl (C=O) groups excluding carboxylic acids is 1. The van der Waals surface area contributed by atoms with Crippen LogP contribution >= 0.6 is 0 Å². The molecule has 3 rings (SSSR count). The molecule has 0 saturated carbocycles. The number of carbonyl (C=O) groups is 1. The third-order valence-corrected chi connectivity index (χ3v) is 4.00. The monoisotopic (exact) mass is 313 g/mol. The van der Waals surface area contributed by atoms with Crippen molar-refractivity contribution >= 4 is 5.91 Å². The molecule has 122 valence electrons. The molecule has 1 saturated heterocycles. The molecule has 2 aromatic rings. The minimum absolute atomic E-state index is 0.0196. The van der Waals surface area contributed by atoms with Gasteiger partial charge in [-0.15, -0.1) is 10.2 Å². The number of benzene rings is 1. The van der Waals surface area contributed by atoms with E-state index in [4.69, 9.17) is 4.42 Å². The molecule has 5 heteroatoms. The van der Waals surface area contributed by atoms with Crippen molar-refractivity contribution in [1.82, 2.24) is 15.1 Å². The quantitative estimate of drug-likeness (QED) is 0.864. The fourth-order valence-electron chi connectivity index (χ4n) is 2.94. The van der Waals surface area contributed by atoms with Crippen LogP contribution in [0.25, 0.3) is 11.5 Å². The SMILES string of the molecule is CC(C)(C)CC(=O)N1CCCC1c1nnc(-c2ccccc2)o1. The average Bonchev–Trinajstić information content (AvgIpc) is 3.15. The van der Waals surface area contributed by atoms with Crippen molar-refractivity contribution in [3.05, 3.63) is 36.2 Å². The van der Waals surface area contributed by atoms with Crippen LogP contribution in [0, 0.1) is 5.41 Å². The highest BCUT2D eigenvalue weighted by Gasteiger charge is 2.35. The first-order chi connectivity index (χ1) is 10.9. The van der Waals surface area contributed by atoms with E-state index in [2.05, 4.69) is 31.0 Å². The minimum Gasteiger partial charge on any atom is -0.418 e. The molecule has 5 nitrogen and oxygen atoms in total. The Kier molecular flexibility index (Phi) is 4.20. The summed E-state index contributed by atoms with van der Waals surface area (Å²) in [4.78, 5) is 14.5. The molecule has 1 aromatic carbocycles. The Morgan fingerprint density at radius 1 is 1.26 bits per heavy atom. The van der Waals surface area contributed by atoms with Gasteiger partial charge in [-0.25, -0.2) is 0 Å². The maximum absolute atomic E-state index is 12.6. The van der Waals surface area contributed by atoms with E-state index in [-0.39, 0.29) is 17.4 Å². The smallest absolute Gasteiger partial charge is 0.247 e. The number of hydrogen-bond acceptors (Lipinski definition) is 4. The molecule has 1 fully saturated rings. The van der Waals surface area contributed by atoms with Gasteiger partial charge < -0.3 is 9.32 Å². The van der Waals surface area contributed by atoms with Gasteiger partial charge in [0.05, 0.1) is 0 Å². The maximum Gasteiger partial charge on any atom is 0.247 e. The summed E-state index contributed by atoms with van der Waals surface area (Å²) in [6.07, 6.45) is 2.39. The molecular weight excluding hydrogens is 290 g/mol. The van der Waals surface area contributed by atoms with E-state index in [0.717, 1.165) is 24.9 Å². The number of rotatable bonds is 3. The van der Waals surface area contributed by atoms with Crippen molar-refractivity contribution in [2.75, 3.05) is 6.54 Å². The molecule has 1 aliphatic heterocycles. The van der Waals surface area contributed by atoms with E-state index in [9.17, 15) is 4.79 Å². The topological polar surface area (TPSA) is 59.2 Å². The Bertz CT molecular complexity index is 673. The summed E-state index contributed by atoms with van der Waals surface area (Å²) in [5.74, 6) is 1.22. The molecule has 2 heterocycles. The zero-order valence-corrected chi connectivity index (χ0v) is 14.0. The van der Waals surface area contributed by atoms with Crippen LogP contribution in [0.15, 0.2) is 34.7 Å². The number of hydrogen-bond donors (Lipinski definition) is 0. The molecule has 1 atom stereocenters. The molecule has 1 unspecified atom stereocenters. The number of nitrogens with zero attached hydrogens (tertiary/aromatic N) is 3. The zero-order chi connectivity index (χ0) is 16.4. The van der Waals surface area contributed by atoms with Crippen LogP contribution in [-0.4, -0.2) is 27.5 Å². The normalized spacial score (nSPS) is 18.4. The van der Waals surface area contributed by atoms with Crippen molar-refractivity contribution < 1.29 is 9.21 Å². The third kappa shape index (κ3) is 3.60. The van der Waals surface area contributed by atoms with Gasteiger partial charge in [-0.05, 0) is 30.4 Å². The van der Waals surface area contributed by atoms with Gasteiger partial charge in [0.25, 0.3) is 0 Å². The lowest BCUT2D eigenvalue weighted by Gasteiger charge is -2.26. The van der Waals surface area contributed by atoms with Crippen molar-refractivity contribution in [3.63, 3.8) is 0 Å². The fraction of sp³-hybridized carbons (Fsp3) is 0.500. The summed E-state index contributed by atoms with van der Waals surface area (Å²) in [5.41, 5.74) is 0.880. The first-order valence-corrected chi connectivity index (χ1v) is 8.12. The Labute approximate surface area is 136 Å². The Morgan fingerprint density at radius 3 is 2.70 bits per heavy atom. The molecule has 0 radical (unpaired) electrons. The van der Waals surface area contributed by atoms with Gasteiger partial charge in [0, 0.05) is 18.5 Å². The van der Waals surface area contributed by atoms with Crippen LogP contribution < -0.4 is 0 Å². The standard InChI is InChI=1S/C18H23N3O2/c1-18(2,3)12-15(22)21-11-7-10-14(21)17-20-19-16(23-17)13-8-5-4-6-9-13/h4-6,8-9,14H,7,10-12H2,1-3H3. The van der Waals surface area contributed by atoms with Gasteiger partial charge >= 0.3 is 0 Å². The second-order valence-corrected chi connectivity index (χ2v) is 7.29. The van der Waals surface area contributed by atoms with E-state index >= 15 is 0 Å². The highest BCUT2D eigenvalue weighted by atomic mass is 16.4. The Morgan fingerprint density at radius 2 is 2.00 bits per heavy atom. The molecule has 23 heavy (non-hydrogen) atoms. The number of likely N-dealkylation sites (tertiary alicyclic amines) is 1. The first kappa shape index (κ1) is 15.7. The number of amides is 1.